The van der Waals surface area contributed by atoms with Crippen LogP contribution in [0.15, 0.2) is 22.7 Å². The molecule has 1 aromatic rings. The van der Waals surface area contributed by atoms with Gasteiger partial charge in [-0.2, -0.15) is 5.26 Å². The third-order valence-corrected chi connectivity index (χ3v) is 3.60. The molecular weight excluding hydrogens is 266 g/mol. The minimum atomic E-state index is -0.690. The van der Waals surface area contributed by atoms with Crippen molar-refractivity contribution < 1.29 is 0 Å². The average molecular weight is 280 g/mol. The van der Waals surface area contributed by atoms with Crippen LogP contribution in [0.4, 0.5) is 5.69 Å². The molecule has 1 aromatic carbocycles. The van der Waals surface area contributed by atoms with Gasteiger partial charge < -0.3 is 10.6 Å². The maximum absolute atomic E-state index is 8.99. The van der Waals surface area contributed by atoms with Gasteiger partial charge in [-0.1, -0.05) is 6.07 Å². The Morgan fingerprint density at radius 2 is 2.31 bits per heavy atom. The number of halogens is 1. The van der Waals surface area contributed by atoms with Crippen molar-refractivity contribution in [2.24, 2.45) is 5.73 Å². The van der Waals surface area contributed by atoms with Crippen molar-refractivity contribution >= 4 is 21.6 Å². The fourth-order valence-corrected chi connectivity index (χ4v) is 2.74. The van der Waals surface area contributed by atoms with Gasteiger partial charge in [-0.3, -0.25) is 0 Å². The highest BCUT2D eigenvalue weighted by molar-refractivity contribution is 9.10. The smallest absolute Gasteiger partial charge is 0.123 e. The molecule has 4 heteroatoms. The molecule has 1 aliphatic heterocycles. The largest absolute Gasteiger partial charge is 0.368 e. The second-order valence-corrected chi connectivity index (χ2v) is 5.25. The Hall–Kier alpha value is -1.05. The van der Waals surface area contributed by atoms with E-state index in [1.54, 1.807) is 0 Å². The van der Waals surface area contributed by atoms with Crippen LogP contribution in [0.3, 0.4) is 0 Å². The zero-order chi connectivity index (χ0) is 11.8. The zero-order valence-corrected chi connectivity index (χ0v) is 10.8. The van der Waals surface area contributed by atoms with E-state index in [1.807, 2.05) is 0 Å². The van der Waals surface area contributed by atoms with E-state index >= 15 is 0 Å². The molecule has 2 N–H and O–H groups in total. The van der Waals surface area contributed by atoms with E-state index in [1.165, 1.54) is 5.56 Å². The Bertz CT molecular complexity index is 452. The molecule has 0 saturated carbocycles. The van der Waals surface area contributed by atoms with Crippen molar-refractivity contribution in [2.75, 3.05) is 18.0 Å². The third kappa shape index (κ3) is 2.06. The van der Waals surface area contributed by atoms with E-state index < -0.39 is 5.54 Å². The predicted octanol–water partition coefficient (Wildman–Crippen LogP) is 2.19. The van der Waals surface area contributed by atoms with Crippen molar-refractivity contribution in [1.29, 1.82) is 5.26 Å². The maximum Gasteiger partial charge on any atom is 0.123 e. The van der Waals surface area contributed by atoms with Crippen molar-refractivity contribution in [1.82, 2.24) is 0 Å². The Balaban J connectivity index is 2.25. The summed E-state index contributed by atoms with van der Waals surface area (Å²) in [6.45, 7) is 3.50. The van der Waals surface area contributed by atoms with Gasteiger partial charge in [0, 0.05) is 17.6 Å². The van der Waals surface area contributed by atoms with Gasteiger partial charge in [0.15, 0.2) is 0 Å². The minimum absolute atomic E-state index is 0.602. The first-order valence-corrected chi connectivity index (χ1v) is 6.05. The van der Waals surface area contributed by atoms with Crippen LogP contribution in [0.25, 0.3) is 0 Å². The van der Waals surface area contributed by atoms with Crippen LogP contribution >= 0.6 is 15.9 Å². The number of hydrogen-bond acceptors (Lipinski definition) is 3. The molecule has 1 atom stereocenters. The van der Waals surface area contributed by atoms with Crippen LogP contribution in [0.5, 0.6) is 0 Å². The molecule has 1 heterocycles. The molecule has 1 aliphatic rings. The lowest BCUT2D eigenvalue weighted by Crippen LogP contribution is -2.41. The fraction of sp³-hybridized carbons (Fsp3) is 0.417. The summed E-state index contributed by atoms with van der Waals surface area (Å²) in [5.74, 6) is 0. The maximum atomic E-state index is 8.99. The van der Waals surface area contributed by atoms with E-state index in [9.17, 15) is 0 Å². The highest BCUT2D eigenvalue weighted by Gasteiger charge is 2.35. The Labute approximate surface area is 104 Å². The van der Waals surface area contributed by atoms with E-state index in [-0.39, 0.29) is 0 Å². The molecule has 0 amide bonds. The molecule has 0 aliphatic carbocycles. The number of hydrogen-bond donors (Lipinski definition) is 1. The molecule has 0 aromatic heterocycles. The zero-order valence-electron chi connectivity index (χ0n) is 9.20. The quantitative estimate of drug-likeness (QED) is 0.858. The summed E-state index contributed by atoms with van der Waals surface area (Å²) < 4.78 is 1.06. The summed E-state index contributed by atoms with van der Waals surface area (Å²) in [6, 6.07) is 8.42. The number of nitrogens with zero attached hydrogens (tertiary/aromatic N) is 2. The molecule has 3 nitrogen and oxygen atoms in total. The van der Waals surface area contributed by atoms with Crippen molar-refractivity contribution in [3.63, 3.8) is 0 Å². The van der Waals surface area contributed by atoms with Gasteiger partial charge >= 0.3 is 0 Å². The van der Waals surface area contributed by atoms with Crippen LogP contribution in [0.1, 0.15) is 12.0 Å². The van der Waals surface area contributed by atoms with Gasteiger partial charge in [0.05, 0.1) is 11.8 Å². The summed E-state index contributed by atoms with van der Waals surface area (Å²) >= 11 is 3.55. The monoisotopic (exact) mass is 279 g/mol. The highest BCUT2D eigenvalue weighted by Crippen LogP contribution is 2.31. The van der Waals surface area contributed by atoms with E-state index in [0.29, 0.717) is 6.54 Å². The second-order valence-electron chi connectivity index (χ2n) is 4.39. The molecule has 84 valence electrons. The second kappa shape index (κ2) is 4.08. The lowest BCUT2D eigenvalue weighted by atomic mass is 10.0. The van der Waals surface area contributed by atoms with E-state index in [2.05, 4.69) is 52.0 Å². The van der Waals surface area contributed by atoms with Crippen LogP contribution in [-0.4, -0.2) is 18.6 Å². The SMILES string of the molecule is Cc1ccc(N2CCC(N)(C#N)C2)c(Br)c1. The van der Waals surface area contributed by atoms with Crippen LogP contribution in [0, 0.1) is 18.3 Å². The third-order valence-electron chi connectivity index (χ3n) is 2.97. The van der Waals surface area contributed by atoms with Gasteiger partial charge in [0.25, 0.3) is 0 Å². The topological polar surface area (TPSA) is 53.0 Å². The number of rotatable bonds is 1. The number of anilines is 1. The summed E-state index contributed by atoms with van der Waals surface area (Å²) in [6.07, 6.45) is 0.726. The lowest BCUT2D eigenvalue weighted by molar-refractivity contribution is 0.606. The molecule has 0 bridgehead atoms. The summed E-state index contributed by atoms with van der Waals surface area (Å²) in [4.78, 5) is 2.16. The molecule has 16 heavy (non-hydrogen) atoms. The molecular formula is C12H14BrN3. The van der Waals surface area contributed by atoms with Crippen LogP contribution in [-0.2, 0) is 0 Å². The minimum Gasteiger partial charge on any atom is -0.368 e. The van der Waals surface area contributed by atoms with Crippen molar-refractivity contribution in [3.05, 3.63) is 28.2 Å². The molecule has 0 radical (unpaired) electrons. The van der Waals surface area contributed by atoms with Gasteiger partial charge in [-0.25, -0.2) is 0 Å². The van der Waals surface area contributed by atoms with E-state index in [0.717, 1.165) is 23.1 Å². The number of nitrogens with two attached hydrogens (primary N) is 1. The van der Waals surface area contributed by atoms with Crippen molar-refractivity contribution in [2.45, 2.75) is 18.9 Å². The van der Waals surface area contributed by atoms with Crippen LogP contribution < -0.4 is 10.6 Å². The number of nitriles is 1. The van der Waals surface area contributed by atoms with E-state index in [4.69, 9.17) is 11.0 Å². The normalized spacial score (nSPS) is 24.5. The number of benzene rings is 1. The Kier molecular flexibility index (Phi) is 2.92. The summed E-state index contributed by atoms with van der Waals surface area (Å²) in [7, 11) is 0. The van der Waals surface area contributed by atoms with Gasteiger partial charge in [-0.15, -0.1) is 0 Å². The first-order valence-electron chi connectivity index (χ1n) is 5.25. The van der Waals surface area contributed by atoms with Crippen molar-refractivity contribution in [3.8, 4) is 6.07 Å². The fourth-order valence-electron chi connectivity index (χ4n) is 2.00. The Morgan fingerprint density at radius 1 is 1.56 bits per heavy atom. The first-order chi connectivity index (χ1) is 7.54. The molecule has 0 spiro atoms. The lowest BCUT2D eigenvalue weighted by Gasteiger charge is -2.21. The standard InChI is InChI=1S/C12H14BrN3/c1-9-2-3-11(10(13)6-9)16-5-4-12(15,7-14)8-16/h2-3,6H,4-5,8,15H2,1H3. The van der Waals surface area contributed by atoms with Gasteiger partial charge in [-0.05, 0) is 47.0 Å². The average Bonchev–Trinajstić information content (AvgIpc) is 2.62. The molecule has 1 saturated heterocycles. The predicted molar refractivity (Wildman–Crippen MR) is 68.2 cm³/mol. The first kappa shape index (κ1) is 11.4. The number of aryl methyl sites for hydroxylation is 1. The summed E-state index contributed by atoms with van der Waals surface area (Å²) in [5.41, 5.74) is 7.59. The molecule has 1 unspecified atom stereocenters. The van der Waals surface area contributed by atoms with Crippen LogP contribution in [0.2, 0.25) is 0 Å². The summed E-state index contributed by atoms with van der Waals surface area (Å²) in [5, 5.41) is 8.99. The highest BCUT2D eigenvalue weighted by atomic mass is 79.9. The molecule has 2 rings (SSSR count). The van der Waals surface area contributed by atoms with Gasteiger partial charge in [0.2, 0.25) is 0 Å². The molecule has 1 fully saturated rings. The Morgan fingerprint density at radius 3 is 2.88 bits per heavy atom. The van der Waals surface area contributed by atoms with Gasteiger partial charge in [0.1, 0.15) is 5.54 Å².